The third-order valence-electron chi connectivity index (χ3n) is 5.55. The summed E-state index contributed by atoms with van der Waals surface area (Å²) in [4.78, 5) is 26.7. The summed E-state index contributed by atoms with van der Waals surface area (Å²) in [5, 5.41) is 8.83. The highest BCUT2D eigenvalue weighted by Crippen LogP contribution is 2.28. The highest BCUT2D eigenvalue weighted by Gasteiger charge is 2.22. The molecule has 0 bridgehead atoms. The minimum atomic E-state index is -0.479. The average molecular weight is 465 g/mol. The van der Waals surface area contributed by atoms with Crippen molar-refractivity contribution >= 4 is 28.5 Å². The molecule has 0 saturated heterocycles. The van der Waals surface area contributed by atoms with Crippen molar-refractivity contribution in [2.24, 2.45) is 0 Å². The first-order chi connectivity index (χ1) is 17.0. The zero-order chi connectivity index (χ0) is 24.4. The zero-order valence-corrected chi connectivity index (χ0v) is 19.7. The van der Waals surface area contributed by atoms with Gasteiger partial charge in [0.15, 0.2) is 11.6 Å². The van der Waals surface area contributed by atoms with Gasteiger partial charge in [0.1, 0.15) is 17.2 Å². The highest BCUT2D eigenvalue weighted by atomic mass is 16.5. The molecule has 8 nitrogen and oxygen atoms in total. The van der Waals surface area contributed by atoms with E-state index in [0.29, 0.717) is 23.3 Å². The van der Waals surface area contributed by atoms with Crippen LogP contribution in [0.4, 0.5) is 11.6 Å². The van der Waals surface area contributed by atoms with Crippen molar-refractivity contribution in [1.82, 2.24) is 24.7 Å². The number of fused-ring (bicyclic) bond motifs is 1. The Bertz CT molecular complexity index is 1530. The number of carbonyl (C=O) groups is 1. The summed E-state index contributed by atoms with van der Waals surface area (Å²) < 4.78 is 6.88. The van der Waals surface area contributed by atoms with Crippen molar-refractivity contribution < 1.29 is 9.53 Å². The van der Waals surface area contributed by atoms with Crippen LogP contribution in [0.1, 0.15) is 28.7 Å². The molecule has 5 rings (SSSR count). The molecule has 3 aromatic heterocycles. The van der Waals surface area contributed by atoms with E-state index in [9.17, 15) is 4.79 Å². The standard InChI is InChI=1S/C27H24N6O2/c1-4-35-27(34)21-16-28-33(25-14-17(2)20-12-8-9-13-22(20)31-25)26(21)32-24-15-23(29-18(3)30-24)19-10-6-5-7-11-19/h5-16H,4H2,1-3H3,(H,29,30,32). The number of pyridine rings is 1. The van der Waals surface area contributed by atoms with Crippen LogP contribution in [-0.4, -0.2) is 37.3 Å². The van der Waals surface area contributed by atoms with E-state index in [1.165, 1.54) is 6.20 Å². The number of esters is 1. The number of nitrogens with zero attached hydrogens (tertiary/aromatic N) is 5. The molecular weight excluding hydrogens is 440 g/mol. The summed E-state index contributed by atoms with van der Waals surface area (Å²) >= 11 is 0. The Kier molecular flexibility index (Phi) is 5.93. The van der Waals surface area contributed by atoms with Crippen molar-refractivity contribution in [2.45, 2.75) is 20.8 Å². The first-order valence-electron chi connectivity index (χ1n) is 11.3. The van der Waals surface area contributed by atoms with Gasteiger partial charge in [0.25, 0.3) is 0 Å². The van der Waals surface area contributed by atoms with Gasteiger partial charge < -0.3 is 10.1 Å². The zero-order valence-electron chi connectivity index (χ0n) is 19.7. The molecule has 0 spiro atoms. The third-order valence-corrected chi connectivity index (χ3v) is 5.55. The normalized spacial score (nSPS) is 10.9. The van der Waals surface area contributed by atoms with Gasteiger partial charge in [-0.05, 0) is 38.5 Å². The van der Waals surface area contributed by atoms with E-state index >= 15 is 0 Å². The van der Waals surface area contributed by atoms with Crippen molar-refractivity contribution in [1.29, 1.82) is 0 Å². The lowest BCUT2D eigenvalue weighted by molar-refractivity contribution is 0.0527. The van der Waals surface area contributed by atoms with Crippen LogP contribution in [0.25, 0.3) is 28.0 Å². The Labute approximate surface area is 202 Å². The van der Waals surface area contributed by atoms with Gasteiger partial charge in [0, 0.05) is 17.0 Å². The number of aromatic nitrogens is 5. The quantitative estimate of drug-likeness (QED) is 0.336. The molecule has 0 aliphatic carbocycles. The lowest BCUT2D eigenvalue weighted by Gasteiger charge is -2.13. The summed E-state index contributed by atoms with van der Waals surface area (Å²) in [5.41, 5.74) is 3.91. The molecule has 2 aromatic carbocycles. The number of benzene rings is 2. The van der Waals surface area contributed by atoms with Crippen LogP contribution in [0.2, 0.25) is 0 Å². The van der Waals surface area contributed by atoms with Gasteiger partial charge in [0.2, 0.25) is 0 Å². The number of ether oxygens (including phenoxy) is 1. The number of aryl methyl sites for hydroxylation is 2. The SMILES string of the molecule is CCOC(=O)c1cnn(-c2cc(C)c3ccccc3n2)c1Nc1cc(-c2ccccc2)nc(C)n1. The second-order valence-corrected chi connectivity index (χ2v) is 8.03. The average Bonchev–Trinajstić information content (AvgIpc) is 3.28. The number of hydrogen-bond donors (Lipinski definition) is 1. The first kappa shape index (κ1) is 22.2. The van der Waals surface area contributed by atoms with Crippen LogP contribution < -0.4 is 5.32 Å². The number of rotatable bonds is 6. The Morgan fingerprint density at radius 1 is 0.971 bits per heavy atom. The molecule has 3 heterocycles. The smallest absolute Gasteiger partial charge is 0.343 e. The number of anilines is 2. The predicted molar refractivity (Wildman–Crippen MR) is 135 cm³/mol. The lowest BCUT2D eigenvalue weighted by atomic mass is 10.1. The summed E-state index contributed by atoms with van der Waals surface area (Å²) in [7, 11) is 0. The maximum Gasteiger partial charge on any atom is 0.343 e. The van der Waals surface area contributed by atoms with Crippen LogP contribution in [0, 0.1) is 13.8 Å². The van der Waals surface area contributed by atoms with Crippen LogP contribution in [-0.2, 0) is 4.74 Å². The van der Waals surface area contributed by atoms with Crippen molar-refractivity contribution in [2.75, 3.05) is 11.9 Å². The molecule has 0 radical (unpaired) electrons. The van der Waals surface area contributed by atoms with Gasteiger partial charge in [-0.1, -0.05) is 48.5 Å². The summed E-state index contributed by atoms with van der Waals surface area (Å²) in [6.07, 6.45) is 1.48. The number of hydrogen-bond acceptors (Lipinski definition) is 7. The molecule has 0 atom stereocenters. The van der Waals surface area contributed by atoms with Crippen LogP contribution >= 0.6 is 0 Å². The topological polar surface area (TPSA) is 94.8 Å². The van der Waals surface area contributed by atoms with Gasteiger partial charge in [0.05, 0.1) is 24.0 Å². The van der Waals surface area contributed by atoms with E-state index in [0.717, 1.165) is 27.7 Å². The Morgan fingerprint density at radius 2 is 1.74 bits per heavy atom. The molecule has 174 valence electrons. The van der Waals surface area contributed by atoms with Crippen molar-refractivity contribution in [3.05, 3.63) is 89.9 Å². The fraction of sp³-hybridized carbons (Fsp3) is 0.148. The molecule has 0 unspecified atom stereocenters. The molecule has 0 aliphatic heterocycles. The van der Waals surface area contributed by atoms with Crippen LogP contribution in [0.3, 0.4) is 0 Å². The monoisotopic (exact) mass is 464 g/mol. The fourth-order valence-corrected chi connectivity index (χ4v) is 3.95. The maximum atomic E-state index is 12.8. The molecule has 35 heavy (non-hydrogen) atoms. The first-order valence-corrected chi connectivity index (χ1v) is 11.3. The fourth-order valence-electron chi connectivity index (χ4n) is 3.95. The predicted octanol–water partition coefficient (Wildman–Crippen LogP) is 5.41. The summed E-state index contributed by atoms with van der Waals surface area (Å²) in [5.74, 6) is 1.64. The van der Waals surface area contributed by atoms with Gasteiger partial charge in [-0.15, -0.1) is 0 Å². The Hall–Kier alpha value is -4.59. The van der Waals surface area contributed by atoms with Gasteiger partial charge in [-0.25, -0.2) is 19.7 Å². The van der Waals surface area contributed by atoms with Gasteiger partial charge >= 0.3 is 5.97 Å². The van der Waals surface area contributed by atoms with Crippen molar-refractivity contribution in [3.8, 4) is 17.1 Å². The molecule has 0 amide bonds. The Morgan fingerprint density at radius 3 is 2.54 bits per heavy atom. The molecule has 5 aromatic rings. The number of carbonyl (C=O) groups excluding carboxylic acids is 1. The molecular formula is C27H24N6O2. The largest absolute Gasteiger partial charge is 0.462 e. The van der Waals surface area contributed by atoms with Crippen LogP contribution in [0.15, 0.2) is 72.9 Å². The molecule has 0 aliphatic rings. The van der Waals surface area contributed by atoms with Gasteiger partial charge in [-0.3, -0.25) is 0 Å². The number of nitrogens with one attached hydrogen (secondary N) is 1. The lowest BCUT2D eigenvalue weighted by Crippen LogP contribution is -2.11. The van der Waals surface area contributed by atoms with Crippen molar-refractivity contribution in [3.63, 3.8) is 0 Å². The summed E-state index contributed by atoms with van der Waals surface area (Å²) in [6.45, 7) is 5.87. The second-order valence-electron chi connectivity index (χ2n) is 8.03. The minimum Gasteiger partial charge on any atom is -0.462 e. The second kappa shape index (κ2) is 9.34. The molecule has 1 N–H and O–H groups in total. The van der Waals surface area contributed by atoms with E-state index < -0.39 is 5.97 Å². The number of para-hydroxylation sites is 1. The van der Waals surface area contributed by atoms with E-state index in [1.54, 1.807) is 11.6 Å². The van der Waals surface area contributed by atoms with E-state index in [2.05, 4.69) is 20.4 Å². The highest BCUT2D eigenvalue weighted by molar-refractivity contribution is 5.96. The maximum absolute atomic E-state index is 12.8. The summed E-state index contributed by atoms with van der Waals surface area (Å²) in [6, 6.07) is 21.5. The van der Waals surface area contributed by atoms with E-state index in [-0.39, 0.29) is 12.2 Å². The van der Waals surface area contributed by atoms with E-state index in [4.69, 9.17) is 9.72 Å². The molecule has 0 saturated carbocycles. The van der Waals surface area contributed by atoms with Crippen LogP contribution in [0.5, 0.6) is 0 Å². The third kappa shape index (κ3) is 4.46. The molecule has 0 fully saturated rings. The molecule has 8 heteroatoms. The van der Waals surface area contributed by atoms with Gasteiger partial charge in [-0.2, -0.15) is 9.78 Å². The minimum absolute atomic E-state index is 0.252. The van der Waals surface area contributed by atoms with E-state index in [1.807, 2.05) is 80.6 Å². The Balaban J connectivity index is 1.63.